The van der Waals surface area contributed by atoms with E-state index in [1.807, 2.05) is 6.07 Å². The zero-order chi connectivity index (χ0) is 13.5. The number of benzene rings is 1. The molecule has 0 aliphatic carbocycles. The Morgan fingerprint density at radius 3 is 2.56 bits per heavy atom. The average Bonchev–Trinajstić information content (AvgIpc) is 2.34. The standard InChI is InChI=1S/C12H14BrN3O2/c1-8(2)15-16-11(17)7-14-12(18)9-5-3-4-6-10(9)13/h3-6H,7H2,1-2H3,(H,14,18)(H,16,17). The molecule has 0 fully saturated rings. The number of carbonyl (C=O) groups excluding carboxylic acids is 2. The first-order valence-electron chi connectivity index (χ1n) is 5.33. The van der Waals surface area contributed by atoms with Crippen LogP contribution in [0.5, 0.6) is 0 Å². The van der Waals surface area contributed by atoms with Crippen LogP contribution in [0.3, 0.4) is 0 Å². The smallest absolute Gasteiger partial charge is 0.259 e. The van der Waals surface area contributed by atoms with Crippen molar-refractivity contribution >= 4 is 33.5 Å². The highest BCUT2D eigenvalue weighted by Crippen LogP contribution is 2.15. The molecule has 2 N–H and O–H groups in total. The molecule has 0 radical (unpaired) electrons. The maximum atomic E-state index is 11.8. The van der Waals surface area contributed by atoms with E-state index >= 15 is 0 Å². The maximum Gasteiger partial charge on any atom is 0.259 e. The van der Waals surface area contributed by atoms with Gasteiger partial charge in [0.2, 0.25) is 0 Å². The molecule has 1 aromatic rings. The van der Waals surface area contributed by atoms with Crippen LogP contribution in [-0.2, 0) is 4.79 Å². The summed E-state index contributed by atoms with van der Waals surface area (Å²) in [5.41, 5.74) is 3.55. The predicted molar refractivity (Wildman–Crippen MR) is 73.4 cm³/mol. The summed E-state index contributed by atoms with van der Waals surface area (Å²) in [6, 6.07) is 7.00. The van der Waals surface area contributed by atoms with E-state index < -0.39 is 0 Å². The van der Waals surface area contributed by atoms with Crippen molar-refractivity contribution in [1.29, 1.82) is 0 Å². The quantitative estimate of drug-likeness (QED) is 0.656. The second-order valence-corrected chi connectivity index (χ2v) is 4.61. The second kappa shape index (κ2) is 6.90. The highest BCUT2D eigenvalue weighted by atomic mass is 79.9. The Balaban J connectivity index is 2.50. The summed E-state index contributed by atoms with van der Waals surface area (Å²) >= 11 is 3.27. The second-order valence-electron chi connectivity index (χ2n) is 3.76. The largest absolute Gasteiger partial charge is 0.343 e. The Kier molecular flexibility index (Phi) is 5.51. The Morgan fingerprint density at radius 2 is 1.94 bits per heavy atom. The normalized spacial score (nSPS) is 9.50. The number of nitrogens with one attached hydrogen (secondary N) is 2. The number of halogens is 1. The molecule has 1 aromatic carbocycles. The molecular weight excluding hydrogens is 298 g/mol. The van der Waals surface area contributed by atoms with Gasteiger partial charge in [-0.3, -0.25) is 9.59 Å². The molecule has 0 saturated heterocycles. The van der Waals surface area contributed by atoms with Gasteiger partial charge in [0.15, 0.2) is 0 Å². The molecule has 5 nitrogen and oxygen atoms in total. The van der Waals surface area contributed by atoms with Gasteiger partial charge in [-0.25, -0.2) is 5.43 Å². The van der Waals surface area contributed by atoms with E-state index in [0.717, 1.165) is 5.71 Å². The molecule has 0 saturated carbocycles. The summed E-state index contributed by atoms with van der Waals surface area (Å²) in [5, 5.41) is 6.26. The number of nitrogens with zero attached hydrogens (tertiary/aromatic N) is 1. The molecule has 0 spiro atoms. The molecule has 1 rings (SSSR count). The highest BCUT2D eigenvalue weighted by Gasteiger charge is 2.10. The summed E-state index contributed by atoms with van der Waals surface area (Å²) in [6.07, 6.45) is 0. The van der Waals surface area contributed by atoms with Crippen LogP contribution < -0.4 is 10.7 Å². The summed E-state index contributed by atoms with van der Waals surface area (Å²) < 4.78 is 0.685. The fourth-order valence-corrected chi connectivity index (χ4v) is 1.58. The van der Waals surface area contributed by atoms with E-state index in [4.69, 9.17) is 0 Å². The van der Waals surface area contributed by atoms with Crippen LogP contribution in [0.4, 0.5) is 0 Å². The number of carbonyl (C=O) groups is 2. The first-order chi connectivity index (χ1) is 8.50. The number of hydrogen-bond acceptors (Lipinski definition) is 3. The van der Waals surface area contributed by atoms with Crippen molar-refractivity contribution in [2.24, 2.45) is 5.10 Å². The van der Waals surface area contributed by atoms with Gasteiger partial charge in [-0.05, 0) is 41.9 Å². The van der Waals surface area contributed by atoms with Crippen molar-refractivity contribution in [3.05, 3.63) is 34.3 Å². The Labute approximate surface area is 114 Å². The first kappa shape index (κ1) is 14.4. The molecule has 0 heterocycles. The van der Waals surface area contributed by atoms with Crippen LogP contribution in [0.25, 0.3) is 0 Å². The van der Waals surface area contributed by atoms with Crippen LogP contribution in [0.2, 0.25) is 0 Å². The van der Waals surface area contributed by atoms with Gasteiger partial charge in [-0.15, -0.1) is 0 Å². The molecular formula is C12H14BrN3O2. The lowest BCUT2D eigenvalue weighted by molar-refractivity contribution is -0.120. The van der Waals surface area contributed by atoms with Gasteiger partial charge in [0.1, 0.15) is 0 Å². The monoisotopic (exact) mass is 311 g/mol. The zero-order valence-electron chi connectivity index (χ0n) is 10.2. The molecule has 0 aliphatic rings. The summed E-state index contributed by atoms with van der Waals surface area (Å²) in [6.45, 7) is 3.41. The lowest BCUT2D eigenvalue weighted by Gasteiger charge is -2.05. The van der Waals surface area contributed by atoms with Gasteiger partial charge in [0.05, 0.1) is 12.1 Å². The minimum absolute atomic E-state index is 0.114. The van der Waals surface area contributed by atoms with Crippen LogP contribution in [0.1, 0.15) is 24.2 Å². The number of hydrazone groups is 1. The van der Waals surface area contributed by atoms with E-state index in [1.54, 1.807) is 32.0 Å². The number of hydrogen-bond donors (Lipinski definition) is 2. The summed E-state index contributed by atoms with van der Waals surface area (Å²) in [5.74, 6) is -0.675. The molecule has 18 heavy (non-hydrogen) atoms. The van der Waals surface area contributed by atoms with Crippen molar-refractivity contribution in [1.82, 2.24) is 10.7 Å². The first-order valence-corrected chi connectivity index (χ1v) is 6.12. The molecule has 0 atom stereocenters. The molecule has 6 heteroatoms. The topological polar surface area (TPSA) is 70.6 Å². The molecule has 0 aliphatic heterocycles. The molecule has 96 valence electrons. The average molecular weight is 312 g/mol. The third-order valence-corrected chi connectivity index (χ3v) is 2.62. The summed E-state index contributed by atoms with van der Waals surface area (Å²) in [4.78, 5) is 23.1. The van der Waals surface area contributed by atoms with E-state index in [-0.39, 0.29) is 18.4 Å². The van der Waals surface area contributed by atoms with E-state index in [9.17, 15) is 9.59 Å². The van der Waals surface area contributed by atoms with Gasteiger partial charge in [0.25, 0.3) is 11.8 Å². The number of amides is 2. The highest BCUT2D eigenvalue weighted by molar-refractivity contribution is 9.10. The van der Waals surface area contributed by atoms with Crippen LogP contribution in [0.15, 0.2) is 33.8 Å². The predicted octanol–water partition coefficient (Wildman–Crippen LogP) is 1.69. The molecule has 2 amide bonds. The fraction of sp³-hybridized carbons (Fsp3) is 0.250. The molecule has 0 bridgehead atoms. The van der Waals surface area contributed by atoms with Crippen molar-refractivity contribution in [2.75, 3.05) is 6.54 Å². The fourth-order valence-electron chi connectivity index (χ4n) is 1.11. The zero-order valence-corrected chi connectivity index (χ0v) is 11.7. The van der Waals surface area contributed by atoms with E-state index in [0.29, 0.717) is 10.0 Å². The van der Waals surface area contributed by atoms with Crippen molar-refractivity contribution in [3.63, 3.8) is 0 Å². The third-order valence-electron chi connectivity index (χ3n) is 1.93. The summed E-state index contributed by atoms with van der Waals surface area (Å²) in [7, 11) is 0. The Hall–Kier alpha value is -1.69. The van der Waals surface area contributed by atoms with Crippen LogP contribution in [-0.4, -0.2) is 24.1 Å². The molecule has 0 aromatic heterocycles. The number of rotatable bonds is 4. The minimum atomic E-state index is -0.364. The lowest BCUT2D eigenvalue weighted by Crippen LogP contribution is -2.35. The van der Waals surface area contributed by atoms with Crippen molar-refractivity contribution < 1.29 is 9.59 Å². The van der Waals surface area contributed by atoms with Crippen molar-refractivity contribution in [3.8, 4) is 0 Å². The Bertz CT molecular complexity index is 482. The maximum absolute atomic E-state index is 11.8. The van der Waals surface area contributed by atoms with E-state index in [1.165, 1.54) is 0 Å². The van der Waals surface area contributed by atoms with Gasteiger partial charge in [0, 0.05) is 10.2 Å². The van der Waals surface area contributed by atoms with Crippen molar-refractivity contribution in [2.45, 2.75) is 13.8 Å². The SMILES string of the molecule is CC(C)=NNC(=O)CNC(=O)c1ccccc1Br. The van der Waals surface area contributed by atoms with Crippen LogP contribution >= 0.6 is 15.9 Å². The van der Waals surface area contributed by atoms with E-state index in [2.05, 4.69) is 31.8 Å². The van der Waals surface area contributed by atoms with Gasteiger partial charge in [-0.2, -0.15) is 5.10 Å². The van der Waals surface area contributed by atoms with Gasteiger partial charge >= 0.3 is 0 Å². The third kappa shape index (κ3) is 4.67. The minimum Gasteiger partial charge on any atom is -0.343 e. The van der Waals surface area contributed by atoms with Gasteiger partial charge in [-0.1, -0.05) is 12.1 Å². The Morgan fingerprint density at radius 1 is 1.28 bits per heavy atom. The lowest BCUT2D eigenvalue weighted by atomic mass is 10.2. The van der Waals surface area contributed by atoms with Gasteiger partial charge < -0.3 is 5.32 Å². The van der Waals surface area contributed by atoms with Crippen LogP contribution in [0, 0.1) is 0 Å². The molecule has 0 unspecified atom stereocenters.